The van der Waals surface area contributed by atoms with E-state index >= 15 is 0 Å². The summed E-state index contributed by atoms with van der Waals surface area (Å²) in [6.45, 7) is 0.827. The van der Waals surface area contributed by atoms with Gasteiger partial charge in [-0.15, -0.1) is 0 Å². The molecule has 2 N–H and O–H groups in total. The molecule has 2 fully saturated rings. The fourth-order valence-electron chi connectivity index (χ4n) is 4.20. The van der Waals surface area contributed by atoms with Crippen molar-refractivity contribution >= 4 is 17.6 Å². The van der Waals surface area contributed by atoms with Crippen LogP contribution < -0.4 is 5.32 Å². The average molecular weight is 417 g/mol. The molecule has 3 heterocycles. The predicted molar refractivity (Wildman–Crippen MR) is 115 cm³/mol. The number of nitrogens with zero attached hydrogens (tertiary/aromatic N) is 3. The molecule has 3 amide bonds. The van der Waals surface area contributed by atoms with Crippen LogP contribution in [0.5, 0.6) is 0 Å². The third-order valence-corrected chi connectivity index (χ3v) is 5.78. The number of urea groups is 1. The van der Waals surface area contributed by atoms with Crippen LogP contribution in [-0.4, -0.2) is 50.7 Å². The largest absolute Gasteiger partial charge is 0.345 e. The Morgan fingerprint density at radius 1 is 1.13 bits per heavy atom. The predicted octanol–water partition coefficient (Wildman–Crippen LogP) is 3.42. The summed E-state index contributed by atoms with van der Waals surface area (Å²) < 4.78 is 0. The Labute approximate surface area is 179 Å². The van der Waals surface area contributed by atoms with Crippen molar-refractivity contribution in [2.45, 2.75) is 31.5 Å². The maximum atomic E-state index is 13.0. The van der Waals surface area contributed by atoms with E-state index in [0.29, 0.717) is 25.3 Å². The standard InChI is InChI=1S/C23H23N5O3/c29-22(25-18-8-4-7-17(13-18)20-11-12-24-26-20)21-10-9-19-14-27(21)23(30)28(19)31-15-16-5-2-1-3-6-16/h1-8,11-13,19,21H,9-10,14-15H2,(H,24,26)(H,25,29)/t19-,21+/m1/s1. The lowest BCUT2D eigenvalue weighted by molar-refractivity contribution is -0.140. The molecule has 158 valence electrons. The van der Waals surface area contributed by atoms with E-state index in [1.807, 2.05) is 60.7 Å². The number of hydroxylamine groups is 2. The molecule has 2 aromatic carbocycles. The third kappa shape index (κ3) is 3.89. The van der Waals surface area contributed by atoms with Gasteiger partial charge in [-0.25, -0.2) is 4.79 Å². The highest BCUT2D eigenvalue weighted by Crippen LogP contribution is 2.31. The van der Waals surface area contributed by atoms with Crippen molar-refractivity contribution in [2.24, 2.45) is 0 Å². The van der Waals surface area contributed by atoms with Gasteiger partial charge in [0.1, 0.15) is 12.6 Å². The lowest BCUT2D eigenvalue weighted by Crippen LogP contribution is -2.47. The zero-order valence-corrected chi connectivity index (χ0v) is 16.9. The maximum Gasteiger partial charge on any atom is 0.345 e. The molecule has 5 rings (SSSR count). The molecule has 0 unspecified atom stereocenters. The van der Waals surface area contributed by atoms with E-state index < -0.39 is 6.04 Å². The molecule has 2 aliphatic heterocycles. The quantitative estimate of drug-likeness (QED) is 0.643. The van der Waals surface area contributed by atoms with Gasteiger partial charge in [0.2, 0.25) is 5.91 Å². The molecule has 0 saturated carbocycles. The number of carbonyl (C=O) groups is 2. The number of aromatic amines is 1. The fourth-order valence-corrected chi connectivity index (χ4v) is 4.20. The van der Waals surface area contributed by atoms with Gasteiger partial charge < -0.3 is 10.2 Å². The molecule has 0 spiro atoms. The highest BCUT2D eigenvalue weighted by atomic mass is 16.7. The number of nitrogens with one attached hydrogen (secondary N) is 2. The summed E-state index contributed by atoms with van der Waals surface area (Å²) in [5.74, 6) is -0.182. The summed E-state index contributed by atoms with van der Waals surface area (Å²) >= 11 is 0. The van der Waals surface area contributed by atoms with E-state index in [4.69, 9.17) is 4.84 Å². The van der Waals surface area contributed by atoms with Crippen molar-refractivity contribution in [3.05, 3.63) is 72.4 Å². The molecular formula is C23H23N5O3. The first-order valence-electron chi connectivity index (χ1n) is 10.4. The third-order valence-electron chi connectivity index (χ3n) is 5.78. The molecule has 2 aliphatic rings. The van der Waals surface area contributed by atoms with Gasteiger partial charge in [0.25, 0.3) is 0 Å². The van der Waals surface area contributed by atoms with Crippen LogP contribution in [0.3, 0.4) is 0 Å². The second-order valence-electron chi connectivity index (χ2n) is 7.81. The van der Waals surface area contributed by atoms with E-state index in [1.54, 1.807) is 11.1 Å². The van der Waals surface area contributed by atoms with Gasteiger partial charge in [-0.2, -0.15) is 10.2 Å². The number of H-pyrrole nitrogens is 1. The van der Waals surface area contributed by atoms with Crippen LogP contribution in [0.15, 0.2) is 66.9 Å². The topological polar surface area (TPSA) is 90.6 Å². The Balaban J connectivity index is 1.24. The lowest BCUT2D eigenvalue weighted by atomic mass is 10.00. The Bertz CT molecular complexity index is 1070. The molecule has 2 bridgehead atoms. The number of aromatic nitrogens is 2. The minimum absolute atomic E-state index is 0.0241. The van der Waals surface area contributed by atoms with Crippen LogP contribution in [0, 0.1) is 0 Å². The molecular weight excluding hydrogens is 394 g/mol. The summed E-state index contributed by atoms with van der Waals surface area (Å²) in [5, 5.41) is 11.3. The Morgan fingerprint density at radius 2 is 2.00 bits per heavy atom. The van der Waals surface area contributed by atoms with Crippen molar-refractivity contribution in [3.63, 3.8) is 0 Å². The number of fused-ring (bicyclic) bond motifs is 2. The Hall–Kier alpha value is -3.65. The Kier molecular flexibility index (Phi) is 5.13. The summed E-state index contributed by atoms with van der Waals surface area (Å²) in [6.07, 6.45) is 3.01. The number of anilines is 1. The van der Waals surface area contributed by atoms with Gasteiger partial charge in [0.05, 0.1) is 11.7 Å². The second-order valence-corrected chi connectivity index (χ2v) is 7.81. The van der Waals surface area contributed by atoms with E-state index in [-0.39, 0.29) is 18.0 Å². The molecule has 2 atom stereocenters. The number of hydrogen-bond donors (Lipinski definition) is 2. The number of benzene rings is 2. The summed E-state index contributed by atoms with van der Waals surface area (Å²) in [5.41, 5.74) is 3.48. The van der Waals surface area contributed by atoms with Crippen LogP contribution in [0.1, 0.15) is 18.4 Å². The molecule has 8 nitrogen and oxygen atoms in total. The number of piperidine rings is 1. The van der Waals surface area contributed by atoms with Crippen LogP contribution in [0.2, 0.25) is 0 Å². The van der Waals surface area contributed by atoms with Crippen LogP contribution in [0.4, 0.5) is 10.5 Å². The first kappa shape index (κ1) is 19.3. The van der Waals surface area contributed by atoms with Gasteiger partial charge in [-0.05, 0) is 36.6 Å². The monoisotopic (exact) mass is 417 g/mol. The van der Waals surface area contributed by atoms with Crippen molar-refractivity contribution in [1.82, 2.24) is 20.2 Å². The molecule has 3 aromatic rings. The number of rotatable bonds is 6. The van der Waals surface area contributed by atoms with E-state index in [2.05, 4.69) is 15.5 Å². The molecule has 8 heteroatoms. The van der Waals surface area contributed by atoms with Crippen LogP contribution in [-0.2, 0) is 16.2 Å². The van der Waals surface area contributed by atoms with Crippen molar-refractivity contribution < 1.29 is 14.4 Å². The highest BCUT2D eigenvalue weighted by molar-refractivity contribution is 5.98. The molecule has 0 radical (unpaired) electrons. The van der Waals surface area contributed by atoms with Crippen molar-refractivity contribution in [2.75, 3.05) is 11.9 Å². The van der Waals surface area contributed by atoms with Gasteiger partial charge in [0.15, 0.2) is 0 Å². The number of carbonyl (C=O) groups excluding carboxylic acids is 2. The lowest BCUT2D eigenvalue weighted by Gasteiger charge is -2.29. The van der Waals surface area contributed by atoms with Gasteiger partial charge in [-0.3, -0.25) is 14.7 Å². The normalized spacial score (nSPS) is 20.2. The zero-order chi connectivity index (χ0) is 21.2. The number of hydrogen-bond acceptors (Lipinski definition) is 4. The van der Waals surface area contributed by atoms with Gasteiger partial charge in [0, 0.05) is 24.0 Å². The fraction of sp³-hybridized carbons (Fsp3) is 0.261. The SMILES string of the molecule is O=C(Nc1cccc(-c2ccn[nH]2)c1)[C@@H]1CC[C@@H]2CN1C(=O)N2OCc1ccccc1. The van der Waals surface area contributed by atoms with E-state index in [1.165, 1.54) is 5.06 Å². The average Bonchev–Trinajstić information content (AvgIpc) is 3.42. The van der Waals surface area contributed by atoms with E-state index in [0.717, 1.165) is 23.2 Å². The summed E-state index contributed by atoms with van der Waals surface area (Å²) in [6, 6.07) is 18.4. The second kappa shape index (κ2) is 8.23. The Morgan fingerprint density at radius 3 is 2.81 bits per heavy atom. The molecule has 0 aliphatic carbocycles. The zero-order valence-electron chi connectivity index (χ0n) is 16.9. The van der Waals surface area contributed by atoms with E-state index in [9.17, 15) is 9.59 Å². The summed E-state index contributed by atoms with van der Waals surface area (Å²) in [4.78, 5) is 33.4. The van der Waals surface area contributed by atoms with Gasteiger partial charge >= 0.3 is 6.03 Å². The van der Waals surface area contributed by atoms with Crippen LogP contribution >= 0.6 is 0 Å². The highest BCUT2D eigenvalue weighted by Gasteiger charge is 2.47. The van der Waals surface area contributed by atoms with Crippen molar-refractivity contribution in [3.8, 4) is 11.3 Å². The van der Waals surface area contributed by atoms with Gasteiger partial charge in [-0.1, -0.05) is 42.5 Å². The van der Waals surface area contributed by atoms with Crippen LogP contribution in [0.25, 0.3) is 11.3 Å². The maximum absolute atomic E-state index is 13.0. The first-order valence-corrected chi connectivity index (χ1v) is 10.4. The summed E-state index contributed by atoms with van der Waals surface area (Å²) in [7, 11) is 0. The first-order chi connectivity index (χ1) is 15.2. The molecule has 1 aromatic heterocycles. The smallest absolute Gasteiger partial charge is 0.324 e. The minimum Gasteiger partial charge on any atom is -0.324 e. The molecule has 31 heavy (non-hydrogen) atoms. The molecule has 2 saturated heterocycles. The van der Waals surface area contributed by atoms with Crippen molar-refractivity contribution in [1.29, 1.82) is 0 Å². The number of amides is 3. The minimum atomic E-state index is -0.509.